The van der Waals surface area contributed by atoms with E-state index in [1.807, 2.05) is 40.1 Å². The predicted molar refractivity (Wildman–Crippen MR) is 75.7 cm³/mol. The first-order valence-electron chi connectivity index (χ1n) is 5.96. The Bertz CT molecular complexity index is 531. The van der Waals surface area contributed by atoms with E-state index in [0.29, 0.717) is 5.89 Å². The van der Waals surface area contributed by atoms with Crippen molar-refractivity contribution >= 4 is 17.8 Å². The van der Waals surface area contributed by atoms with Crippen LogP contribution >= 0.6 is 0 Å². The van der Waals surface area contributed by atoms with Crippen LogP contribution in [-0.2, 0) is 0 Å². The molecule has 0 fully saturated rings. The van der Waals surface area contributed by atoms with Gasteiger partial charge in [-0.25, -0.2) is 4.98 Å². The fourth-order valence-electron chi connectivity index (χ4n) is 1.62. The van der Waals surface area contributed by atoms with E-state index < -0.39 is 0 Å². The van der Waals surface area contributed by atoms with Crippen molar-refractivity contribution in [3.05, 3.63) is 47.2 Å². The van der Waals surface area contributed by atoms with Gasteiger partial charge in [-0.05, 0) is 37.6 Å². The lowest BCUT2D eigenvalue weighted by Gasteiger charge is -2.11. The maximum absolute atomic E-state index is 5.49. The summed E-state index contributed by atoms with van der Waals surface area (Å²) in [4.78, 5) is 6.39. The molecule has 2 aromatic rings. The molecule has 0 atom stereocenters. The minimum atomic E-state index is 0.654. The van der Waals surface area contributed by atoms with Crippen molar-refractivity contribution in [1.82, 2.24) is 4.98 Å². The summed E-state index contributed by atoms with van der Waals surface area (Å²) in [5.41, 5.74) is 3.27. The van der Waals surface area contributed by atoms with Crippen LogP contribution < -0.4 is 4.90 Å². The molecule has 0 bridgehead atoms. The summed E-state index contributed by atoms with van der Waals surface area (Å²) in [6.45, 7) is 3.87. The summed E-state index contributed by atoms with van der Waals surface area (Å²) in [5.74, 6) is 1.53. The van der Waals surface area contributed by atoms with Crippen LogP contribution in [0.3, 0.4) is 0 Å². The standard InChI is InChI=1S/C15H18N2O/c1-11-12(2)18-15(16-11)10-7-13-5-8-14(9-6-13)17(3)4/h5-10H,1-4H3/b10-7+. The molecule has 1 heterocycles. The minimum Gasteiger partial charge on any atom is -0.442 e. The molecular formula is C15H18N2O. The topological polar surface area (TPSA) is 29.3 Å². The van der Waals surface area contributed by atoms with Gasteiger partial charge in [0, 0.05) is 25.9 Å². The van der Waals surface area contributed by atoms with Gasteiger partial charge in [-0.3, -0.25) is 0 Å². The molecule has 0 saturated heterocycles. The molecular weight excluding hydrogens is 224 g/mol. The minimum absolute atomic E-state index is 0.654. The van der Waals surface area contributed by atoms with Gasteiger partial charge in [0.15, 0.2) is 0 Å². The molecule has 0 unspecified atom stereocenters. The number of aromatic nitrogens is 1. The summed E-state index contributed by atoms with van der Waals surface area (Å²) in [7, 11) is 4.06. The van der Waals surface area contributed by atoms with Crippen molar-refractivity contribution in [2.45, 2.75) is 13.8 Å². The lowest BCUT2D eigenvalue weighted by molar-refractivity contribution is 0.516. The Morgan fingerprint density at radius 1 is 1.06 bits per heavy atom. The number of nitrogens with zero attached hydrogens (tertiary/aromatic N) is 2. The van der Waals surface area contributed by atoms with Crippen LogP contribution in [0.25, 0.3) is 12.2 Å². The fourth-order valence-corrected chi connectivity index (χ4v) is 1.62. The maximum Gasteiger partial charge on any atom is 0.219 e. The Balaban J connectivity index is 2.13. The van der Waals surface area contributed by atoms with Crippen molar-refractivity contribution in [2.24, 2.45) is 0 Å². The van der Waals surface area contributed by atoms with E-state index in [1.54, 1.807) is 0 Å². The van der Waals surface area contributed by atoms with Gasteiger partial charge in [0.25, 0.3) is 0 Å². The third-order valence-corrected chi connectivity index (χ3v) is 2.87. The number of aryl methyl sites for hydroxylation is 2. The summed E-state index contributed by atoms with van der Waals surface area (Å²) < 4.78 is 5.49. The number of hydrogen-bond acceptors (Lipinski definition) is 3. The van der Waals surface area contributed by atoms with Gasteiger partial charge in [0.2, 0.25) is 5.89 Å². The monoisotopic (exact) mass is 242 g/mol. The molecule has 3 nitrogen and oxygen atoms in total. The molecule has 0 spiro atoms. The maximum atomic E-state index is 5.49. The molecule has 3 heteroatoms. The van der Waals surface area contributed by atoms with Crippen molar-refractivity contribution in [1.29, 1.82) is 0 Å². The van der Waals surface area contributed by atoms with Gasteiger partial charge >= 0.3 is 0 Å². The predicted octanol–water partition coefficient (Wildman–Crippen LogP) is 3.53. The smallest absolute Gasteiger partial charge is 0.219 e. The second-order valence-corrected chi connectivity index (χ2v) is 4.51. The Labute approximate surface area is 108 Å². The Morgan fingerprint density at radius 2 is 1.72 bits per heavy atom. The van der Waals surface area contributed by atoms with Crippen LogP contribution in [0.2, 0.25) is 0 Å². The number of oxazole rings is 1. The Kier molecular flexibility index (Phi) is 3.51. The summed E-state index contributed by atoms with van der Waals surface area (Å²) in [6.07, 6.45) is 3.90. The highest BCUT2D eigenvalue weighted by Gasteiger charge is 2.01. The third kappa shape index (κ3) is 2.80. The summed E-state index contributed by atoms with van der Waals surface area (Å²) in [6, 6.07) is 8.33. The molecule has 0 aliphatic heterocycles. The zero-order valence-electron chi connectivity index (χ0n) is 11.3. The average Bonchev–Trinajstić information content (AvgIpc) is 2.67. The lowest BCUT2D eigenvalue weighted by Crippen LogP contribution is -2.07. The average molecular weight is 242 g/mol. The molecule has 1 aromatic heterocycles. The zero-order chi connectivity index (χ0) is 13.1. The molecule has 0 saturated carbocycles. The van der Waals surface area contributed by atoms with Crippen LogP contribution in [0.1, 0.15) is 22.9 Å². The van der Waals surface area contributed by atoms with E-state index in [4.69, 9.17) is 4.42 Å². The van der Waals surface area contributed by atoms with Crippen LogP contribution in [0.5, 0.6) is 0 Å². The SMILES string of the molecule is Cc1nc(/C=C/c2ccc(N(C)C)cc2)oc1C. The van der Waals surface area contributed by atoms with Crippen molar-refractivity contribution in [3.8, 4) is 0 Å². The molecule has 0 amide bonds. The van der Waals surface area contributed by atoms with Crippen LogP contribution in [0, 0.1) is 13.8 Å². The van der Waals surface area contributed by atoms with E-state index in [2.05, 4.69) is 34.1 Å². The quantitative estimate of drug-likeness (QED) is 0.824. The van der Waals surface area contributed by atoms with Gasteiger partial charge in [-0.15, -0.1) is 0 Å². The number of rotatable bonds is 3. The highest BCUT2D eigenvalue weighted by atomic mass is 16.4. The first kappa shape index (κ1) is 12.4. The molecule has 2 rings (SSSR count). The Hall–Kier alpha value is -2.03. The number of anilines is 1. The molecule has 0 radical (unpaired) electrons. The second kappa shape index (κ2) is 5.08. The van der Waals surface area contributed by atoms with E-state index in [-0.39, 0.29) is 0 Å². The third-order valence-electron chi connectivity index (χ3n) is 2.87. The summed E-state index contributed by atoms with van der Waals surface area (Å²) >= 11 is 0. The van der Waals surface area contributed by atoms with E-state index in [9.17, 15) is 0 Å². The van der Waals surface area contributed by atoms with Gasteiger partial charge in [-0.2, -0.15) is 0 Å². The van der Waals surface area contributed by atoms with Gasteiger partial charge in [-0.1, -0.05) is 12.1 Å². The molecule has 94 valence electrons. The van der Waals surface area contributed by atoms with E-state index >= 15 is 0 Å². The molecule has 1 aromatic carbocycles. The van der Waals surface area contributed by atoms with Crippen molar-refractivity contribution in [2.75, 3.05) is 19.0 Å². The highest BCUT2D eigenvalue weighted by Crippen LogP contribution is 2.15. The second-order valence-electron chi connectivity index (χ2n) is 4.51. The molecule has 18 heavy (non-hydrogen) atoms. The largest absolute Gasteiger partial charge is 0.442 e. The van der Waals surface area contributed by atoms with Crippen molar-refractivity contribution in [3.63, 3.8) is 0 Å². The van der Waals surface area contributed by atoms with Crippen LogP contribution in [0.4, 0.5) is 5.69 Å². The molecule has 0 aliphatic rings. The highest BCUT2D eigenvalue weighted by molar-refractivity contribution is 5.67. The zero-order valence-corrected chi connectivity index (χ0v) is 11.3. The Morgan fingerprint density at radius 3 is 2.22 bits per heavy atom. The lowest BCUT2D eigenvalue weighted by atomic mass is 10.2. The van der Waals surface area contributed by atoms with E-state index in [0.717, 1.165) is 17.0 Å². The van der Waals surface area contributed by atoms with Gasteiger partial charge < -0.3 is 9.32 Å². The van der Waals surface area contributed by atoms with Crippen molar-refractivity contribution < 1.29 is 4.42 Å². The molecule has 0 aliphatic carbocycles. The van der Waals surface area contributed by atoms with Gasteiger partial charge in [0.05, 0.1) is 5.69 Å². The first-order valence-corrected chi connectivity index (χ1v) is 5.96. The summed E-state index contributed by atoms with van der Waals surface area (Å²) in [5, 5.41) is 0. The van der Waals surface area contributed by atoms with E-state index in [1.165, 1.54) is 5.69 Å². The first-order chi connectivity index (χ1) is 8.56. The normalized spacial score (nSPS) is 11.1. The molecule has 0 N–H and O–H groups in total. The van der Waals surface area contributed by atoms with Gasteiger partial charge in [0.1, 0.15) is 5.76 Å². The van der Waals surface area contributed by atoms with Crippen LogP contribution in [0.15, 0.2) is 28.7 Å². The number of hydrogen-bond donors (Lipinski definition) is 0. The fraction of sp³-hybridized carbons (Fsp3) is 0.267. The number of benzene rings is 1. The van der Waals surface area contributed by atoms with Crippen LogP contribution in [-0.4, -0.2) is 19.1 Å².